The van der Waals surface area contributed by atoms with E-state index in [2.05, 4.69) is 18.4 Å². The van der Waals surface area contributed by atoms with Crippen LogP contribution in [-0.4, -0.2) is 48.6 Å². The maximum Gasteiger partial charge on any atom is 0.243 e. The lowest BCUT2D eigenvalue weighted by Crippen LogP contribution is -2.40. The molecule has 0 amide bonds. The van der Waals surface area contributed by atoms with E-state index in [0.717, 1.165) is 16.4 Å². The summed E-state index contributed by atoms with van der Waals surface area (Å²) in [5.41, 5.74) is 3.34. The second kappa shape index (κ2) is 8.79. The predicted molar refractivity (Wildman–Crippen MR) is 115 cm³/mol. The van der Waals surface area contributed by atoms with Crippen LogP contribution in [0.5, 0.6) is 0 Å². The molecule has 2 heterocycles. The highest BCUT2D eigenvalue weighted by Crippen LogP contribution is 2.36. The second-order valence-electron chi connectivity index (χ2n) is 7.83. The minimum absolute atomic E-state index is 0.365. The Morgan fingerprint density at radius 1 is 1.17 bits per heavy atom. The van der Waals surface area contributed by atoms with Crippen LogP contribution in [0.2, 0.25) is 0 Å². The zero-order chi connectivity index (χ0) is 20.4. The van der Waals surface area contributed by atoms with Crippen LogP contribution < -0.4 is 0 Å². The fourth-order valence-electron chi connectivity index (χ4n) is 4.17. The first-order valence-corrected chi connectivity index (χ1v) is 12.7. The highest BCUT2D eigenvalue weighted by atomic mass is 32.2. The summed E-state index contributed by atoms with van der Waals surface area (Å²) in [6.45, 7) is 5.96. The molecule has 1 aliphatic carbocycles. The number of imidazole rings is 1. The third kappa shape index (κ3) is 4.40. The molecule has 6 nitrogen and oxygen atoms in total. The zero-order valence-electron chi connectivity index (χ0n) is 17.1. The Morgan fingerprint density at radius 3 is 2.62 bits per heavy atom. The number of hydrogen-bond donors (Lipinski definition) is 0. The maximum absolute atomic E-state index is 12.9. The van der Waals surface area contributed by atoms with E-state index in [1.807, 2.05) is 12.1 Å². The van der Waals surface area contributed by atoms with Crippen molar-refractivity contribution >= 4 is 21.8 Å². The topological polar surface area (TPSA) is 64.4 Å². The Hall–Kier alpha value is -1.35. The summed E-state index contributed by atoms with van der Waals surface area (Å²) in [7, 11) is -3.47. The van der Waals surface area contributed by atoms with Gasteiger partial charge in [-0.15, -0.1) is 0 Å². The SMILES string of the molecule is Cc1nc(SCc2cccc(S(=O)(=O)N3CCOCC3)c2)n(C2CCCC2)c1C. The van der Waals surface area contributed by atoms with Crippen molar-refractivity contribution in [2.45, 2.75) is 61.4 Å². The van der Waals surface area contributed by atoms with Crippen LogP contribution in [0.3, 0.4) is 0 Å². The maximum atomic E-state index is 12.9. The van der Waals surface area contributed by atoms with E-state index in [-0.39, 0.29) is 0 Å². The first-order chi connectivity index (χ1) is 14.0. The number of morpholine rings is 1. The van der Waals surface area contributed by atoms with E-state index >= 15 is 0 Å². The van der Waals surface area contributed by atoms with Crippen LogP contribution in [0.4, 0.5) is 0 Å². The van der Waals surface area contributed by atoms with Gasteiger partial charge in [0.15, 0.2) is 5.16 Å². The minimum Gasteiger partial charge on any atom is -0.379 e. The molecule has 0 spiro atoms. The molecular formula is C21H29N3O3S2. The molecule has 1 aliphatic heterocycles. The monoisotopic (exact) mass is 435 g/mol. The van der Waals surface area contributed by atoms with Gasteiger partial charge >= 0.3 is 0 Å². The zero-order valence-corrected chi connectivity index (χ0v) is 18.8. The summed E-state index contributed by atoms with van der Waals surface area (Å²) in [6.07, 6.45) is 5.01. The highest BCUT2D eigenvalue weighted by molar-refractivity contribution is 7.98. The Balaban J connectivity index is 1.51. The summed E-state index contributed by atoms with van der Waals surface area (Å²) < 4.78 is 35.1. The Morgan fingerprint density at radius 2 is 1.90 bits per heavy atom. The molecule has 1 saturated heterocycles. The summed E-state index contributed by atoms with van der Waals surface area (Å²) in [6, 6.07) is 7.87. The summed E-state index contributed by atoms with van der Waals surface area (Å²) >= 11 is 1.70. The van der Waals surface area contributed by atoms with E-state index in [4.69, 9.17) is 9.72 Å². The van der Waals surface area contributed by atoms with Crippen LogP contribution in [0, 0.1) is 13.8 Å². The standard InChI is InChI=1S/C21H29N3O3S2/c1-16-17(2)24(19-7-3-4-8-19)21(22-16)28-15-18-6-5-9-20(14-18)29(25,26)23-10-12-27-13-11-23/h5-6,9,14,19H,3-4,7-8,10-13,15H2,1-2H3. The van der Waals surface area contributed by atoms with E-state index < -0.39 is 10.0 Å². The van der Waals surface area contributed by atoms with E-state index in [9.17, 15) is 8.42 Å². The van der Waals surface area contributed by atoms with Crippen molar-refractivity contribution in [2.75, 3.05) is 26.3 Å². The van der Waals surface area contributed by atoms with Crippen LogP contribution in [0.25, 0.3) is 0 Å². The first kappa shape index (κ1) is 20.9. The van der Waals surface area contributed by atoms with Gasteiger partial charge in [-0.05, 0) is 44.4 Å². The fourth-order valence-corrected chi connectivity index (χ4v) is 6.75. The van der Waals surface area contributed by atoms with Gasteiger partial charge < -0.3 is 9.30 Å². The normalized spacial score (nSPS) is 19.1. The largest absolute Gasteiger partial charge is 0.379 e. The van der Waals surface area contributed by atoms with Crippen LogP contribution >= 0.6 is 11.8 Å². The third-order valence-corrected chi connectivity index (χ3v) is 8.84. The van der Waals surface area contributed by atoms with Crippen molar-refractivity contribution in [1.82, 2.24) is 13.9 Å². The smallest absolute Gasteiger partial charge is 0.243 e. The number of nitrogens with zero attached hydrogens (tertiary/aromatic N) is 3. The highest BCUT2D eigenvalue weighted by Gasteiger charge is 2.27. The summed E-state index contributed by atoms with van der Waals surface area (Å²) in [4.78, 5) is 5.16. The number of sulfonamides is 1. The molecule has 0 N–H and O–H groups in total. The van der Waals surface area contributed by atoms with Crippen molar-refractivity contribution in [2.24, 2.45) is 0 Å². The Kier molecular flexibility index (Phi) is 6.34. The molecule has 2 aliphatic rings. The van der Waals surface area contributed by atoms with Gasteiger partial charge in [0.1, 0.15) is 0 Å². The van der Waals surface area contributed by atoms with Crippen LogP contribution in [0.15, 0.2) is 34.3 Å². The summed E-state index contributed by atoms with van der Waals surface area (Å²) in [5, 5.41) is 1.05. The van der Waals surface area contributed by atoms with Gasteiger partial charge in [0, 0.05) is 30.6 Å². The molecule has 29 heavy (non-hydrogen) atoms. The van der Waals surface area contributed by atoms with Gasteiger partial charge in [0.25, 0.3) is 0 Å². The molecule has 0 atom stereocenters. The molecule has 0 bridgehead atoms. The van der Waals surface area contributed by atoms with Gasteiger partial charge in [0.2, 0.25) is 10.0 Å². The molecule has 0 unspecified atom stereocenters. The Bertz CT molecular complexity index is 960. The van der Waals surface area contributed by atoms with Gasteiger partial charge in [-0.1, -0.05) is 36.7 Å². The van der Waals surface area contributed by atoms with Crippen molar-refractivity contribution in [3.8, 4) is 0 Å². The minimum atomic E-state index is -3.47. The number of aromatic nitrogens is 2. The summed E-state index contributed by atoms with van der Waals surface area (Å²) in [5.74, 6) is 0.703. The number of thioether (sulfide) groups is 1. The molecule has 2 fully saturated rings. The average Bonchev–Trinajstić information content (AvgIpc) is 3.35. The molecule has 8 heteroatoms. The lowest BCUT2D eigenvalue weighted by atomic mass is 10.2. The van der Waals surface area contributed by atoms with Crippen LogP contribution in [0.1, 0.15) is 48.7 Å². The van der Waals surface area contributed by atoms with Crippen LogP contribution in [-0.2, 0) is 20.5 Å². The number of benzene rings is 1. The molecule has 1 aromatic heterocycles. The average molecular weight is 436 g/mol. The van der Waals surface area contributed by atoms with E-state index in [1.54, 1.807) is 23.9 Å². The number of aryl methyl sites for hydroxylation is 1. The molecule has 4 rings (SSSR count). The molecule has 158 valence electrons. The van der Waals surface area contributed by atoms with Gasteiger partial charge in [-0.2, -0.15) is 4.31 Å². The van der Waals surface area contributed by atoms with E-state index in [0.29, 0.717) is 43.0 Å². The molecule has 1 saturated carbocycles. The van der Waals surface area contributed by atoms with Crippen molar-refractivity contribution in [3.63, 3.8) is 0 Å². The number of hydrogen-bond acceptors (Lipinski definition) is 5. The Labute approximate surface area is 177 Å². The first-order valence-electron chi connectivity index (χ1n) is 10.3. The van der Waals surface area contributed by atoms with Crippen molar-refractivity contribution < 1.29 is 13.2 Å². The van der Waals surface area contributed by atoms with E-state index in [1.165, 1.54) is 35.7 Å². The van der Waals surface area contributed by atoms with Gasteiger partial charge in [-0.25, -0.2) is 13.4 Å². The third-order valence-electron chi connectivity index (χ3n) is 5.92. The number of ether oxygens (including phenoxy) is 1. The van der Waals surface area contributed by atoms with Crippen molar-refractivity contribution in [3.05, 3.63) is 41.2 Å². The lowest BCUT2D eigenvalue weighted by Gasteiger charge is -2.26. The quantitative estimate of drug-likeness (QED) is 0.644. The lowest BCUT2D eigenvalue weighted by molar-refractivity contribution is 0.0730. The second-order valence-corrected chi connectivity index (χ2v) is 10.7. The van der Waals surface area contributed by atoms with Gasteiger partial charge in [0.05, 0.1) is 23.8 Å². The number of rotatable bonds is 6. The predicted octanol–water partition coefficient (Wildman–Crippen LogP) is 3.93. The molecule has 0 radical (unpaired) electrons. The fraction of sp³-hybridized carbons (Fsp3) is 0.571. The van der Waals surface area contributed by atoms with Crippen molar-refractivity contribution in [1.29, 1.82) is 0 Å². The molecule has 2 aromatic rings. The van der Waals surface area contributed by atoms with Gasteiger partial charge in [-0.3, -0.25) is 0 Å². The molecule has 1 aromatic carbocycles. The molecular weight excluding hydrogens is 406 g/mol.